The van der Waals surface area contributed by atoms with Crippen LogP contribution >= 0.6 is 0 Å². The van der Waals surface area contributed by atoms with Crippen molar-refractivity contribution in [1.29, 1.82) is 0 Å². The van der Waals surface area contributed by atoms with Crippen molar-refractivity contribution in [2.45, 2.75) is 25.5 Å². The standard InChI is InChI=1S/C11H19NO3S/c1-10(2)16(13,14)9-7-12-6-5-11-4-3-8-15-11/h3-4,8,10,12H,5-7,9H2,1-2H3. The van der Waals surface area contributed by atoms with Crippen molar-refractivity contribution >= 4 is 9.84 Å². The van der Waals surface area contributed by atoms with Crippen LogP contribution in [0, 0.1) is 0 Å². The van der Waals surface area contributed by atoms with Crippen LogP contribution in [-0.2, 0) is 16.3 Å². The molecule has 92 valence electrons. The zero-order valence-corrected chi connectivity index (χ0v) is 10.6. The number of hydrogen-bond donors (Lipinski definition) is 1. The molecule has 1 N–H and O–H groups in total. The highest BCUT2D eigenvalue weighted by molar-refractivity contribution is 7.92. The van der Waals surface area contributed by atoms with Crippen LogP contribution in [0.4, 0.5) is 0 Å². The molecule has 5 heteroatoms. The quantitative estimate of drug-likeness (QED) is 0.734. The molecule has 0 unspecified atom stereocenters. The molecule has 1 aromatic heterocycles. The Balaban J connectivity index is 2.13. The molecule has 0 bridgehead atoms. The third-order valence-electron chi connectivity index (χ3n) is 2.41. The van der Waals surface area contributed by atoms with Crippen LogP contribution in [-0.4, -0.2) is 32.5 Å². The summed E-state index contributed by atoms with van der Waals surface area (Å²) in [6, 6.07) is 3.76. The van der Waals surface area contributed by atoms with Gasteiger partial charge in [0.15, 0.2) is 9.84 Å². The summed E-state index contributed by atoms with van der Waals surface area (Å²) in [6.45, 7) is 4.65. The first-order valence-corrected chi connectivity index (χ1v) is 7.18. The molecule has 0 saturated carbocycles. The van der Waals surface area contributed by atoms with E-state index in [1.165, 1.54) is 0 Å². The van der Waals surface area contributed by atoms with E-state index in [0.717, 1.165) is 18.7 Å². The molecular weight excluding hydrogens is 226 g/mol. The van der Waals surface area contributed by atoms with E-state index in [2.05, 4.69) is 5.32 Å². The first-order valence-electron chi connectivity index (χ1n) is 5.47. The van der Waals surface area contributed by atoms with Crippen LogP contribution in [0.5, 0.6) is 0 Å². The highest BCUT2D eigenvalue weighted by Gasteiger charge is 2.14. The Morgan fingerprint density at radius 3 is 2.69 bits per heavy atom. The van der Waals surface area contributed by atoms with Crippen LogP contribution in [0.25, 0.3) is 0 Å². The molecule has 0 aliphatic carbocycles. The molecule has 1 heterocycles. The zero-order valence-electron chi connectivity index (χ0n) is 9.77. The first kappa shape index (κ1) is 13.3. The molecule has 4 nitrogen and oxygen atoms in total. The molecule has 16 heavy (non-hydrogen) atoms. The van der Waals surface area contributed by atoms with Crippen molar-refractivity contribution in [2.75, 3.05) is 18.8 Å². The maximum atomic E-state index is 11.5. The summed E-state index contributed by atoms with van der Waals surface area (Å²) in [5.41, 5.74) is 0. The summed E-state index contributed by atoms with van der Waals surface area (Å²) in [4.78, 5) is 0. The van der Waals surface area contributed by atoms with Gasteiger partial charge in [-0.05, 0) is 26.0 Å². The van der Waals surface area contributed by atoms with E-state index in [4.69, 9.17) is 4.42 Å². The molecule has 1 aromatic rings. The van der Waals surface area contributed by atoms with Crippen molar-refractivity contribution in [3.05, 3.63) is 24.2 Å². The summed E-state index contributed by atoms with van der Waals surface area (Å²) in [5.74, 6) is 1.11. The van der Waals surface area contributed by atoms with Crippen molar-refractivity contribution in [2.24, 2.45) is 0 Å². The fourth-order valence-corrected chi connectivity index (χ4v) is 2.14. The van der Waals surface area contributed by atoms with Crippen molar-refractivity contribution < 1.29 is 12.8 Å². The molecule has 1 rings (SSSR count). The number of hydrogen-bond acceptors (Lipinski definition) is 4. The Labute approximate surface area is 97.0 Å². The van der Waals surface area contributed by atoms with Crippen molar-refractivity contribution in [1.82, 2.24) is 5.32 Å². The summed E-state index contributed by atoms with van der Waals surface area (Å²) < 4.78 is 28.1. The van der Waals surface area contributed by atoms with E-state index in [-0.39, 0.29) is 11.0 Å². The van der Waals surface area contributed by atoms with Gasteiger partial charge in [0, 0.05) is 19.5 Å². The Hall–Kier alpha value is -0.810. The minimum absolute atomic E-state index is 0.197. The normalized spacial score (nSPS) is 12.2. The molecular formula is C11H19NO3S. The Morgan fingerprint density at radius 2 is 2.12 bits per heavy atom. The number of rotatable bonds is 7. The molecule has 0 amide bonds. The highest BCUT2D eigenvalue weighted by atomic mass is 32.2. The lowest BCUT2D eigenvalue weighted by Gasteiger charge is -2.07. The third kappa shape index (κ3) is 4.37. The number of furan rings is 1. The van der Waals surface area contributed by atoms with Crippen LogP contribution in [0.3, 0.4) is 0 Å². The van der Waals surface area contributed by atoms with Gasteiger partial charge in [0.25, 0.3) is 0 Å². The monoisotopic (exact) mass is 245 g/mol. The van der Waals surface area contributed by atoms with Gasteiger partial charge in [-0.3, -0.25) is 0 Å². The maximum Gasteiger partial charge on any atom is 0.153 e. The minimum atomic E-state index is -2.92. The summed E-state index contributed by atoms with van der Waals surface area (Å²) in [5, 5.41) is 2.80. The fourth-order valence-electron chi connectivity index (χ4n) is 1.24. The molecule has 0 aliphatic heterocycles. The van der Waals surface area contributed by atoms with Gasteiger partial charge in [-0.25, -0.2) is 8.42 Å². The van der Waals surface area contributed by atoms with Gasteiger partial charge in [0.1, 0.15) is 5.76 Å². The fraction of sp³-hybridized carbons (Fsp3) is 0.636. The predicted octanol–water partition coefficient (Wildman–Crippen LogP) is 1.23. The average molecular weight is 245 g/mol. The van der Waals surface area contributed by atoms with Crippen LogP contribution < -0.4 is 5.32 Å². The van der Waals surface area contributed by atoms with Crippen molar-refractivity contribution in [3.8, 4) is 0 Å². The van der Waals surface area contributed by atoms with E-state index in [1.807, 2.05) is 12.1 Å². The second-order valence-corrected chi connectivity index (χ2v) is 6.67. The van der Waals surface area contributed by atoms with E-state index in [0.29, 0.717) is 6.54 Å². The highest BCUT2D eigenvalue weighted by Crippen LogP contribution is 2.00. The lowest BCUT2D eigenvalue weighted by atomic mass is 10.3. The van der Waals surface area contributed by atoms with E-state index in [1.54, 1.807) is 20.1 Å². The van der Waals surface area contributed by atoms with Crippen molar-refractivity contribution in [3.63, 3.8) is 0 Å². The SMILES string of the molecule is CC(C)S(=O)(=O)CCNCCc1ccco1. The van der Waals surface area contributed by atoms with E-state index in [9.17, 15) is 8.42 Å². The summed E-state index contributed by atoms with van der Waals surface area (Å²) in [6.07, 6.45) is 2.42. The lowest BCUT2D eigenvalue weighted by Crippen LogP contribution is -2.28. The van der Waals surface area contributed by atoms with Gasteiger partial charge in [-0.1, -0.05) is 0 Å². The van der Waals surface area contributed by atoms with Gasteiger partial charge in [0.2, 0.25) is 0 Å². The second kappa shape index (κ2) is 6.06. The smallest absolute Gasteiger partial charge is 0.153 e. The summed E-state index contributed by atoms with van der Waals surface area (Å²) in [7, 11) is -2.92. The largest absolute Gasteiger partial charge is 0.469 e. The number of sulfone groups is 1. The van der Waals surface area contributed by atoms with E-state index >= 15 is 0 Å². The molecule has 0 saturated heterocycles. The lowest BCUT2D eigenvalue weighted by molar-refractivity contribution is 0.500. The van der Waals surface area contributed by atoms with E-state index < -0.39 is 9.84 Å². The van der Waals surface area contributed by atoms with Crippen LogP contribution in [0.15, 0.2) is 22.8 Å². The van der Waals surface area contributed by atoms with Gasteiger partial charge in [-0.2, -0.15) is 0 Å². The zero-order chi connectivity index (χ0) is 12.0. The Bertz CT molecular complexity index is 381. The van der Waals surface area contributed by atoms with Crippen LogP contribution in [0.2, 0.25) is 0 Å². The molecule has 0 spiro atoms. The maximum absolute atomic E-state index is 11.5. The summed E-state index contributed by atoms with van der Waals surface area (Å²) >= 11 is 0. The molecule has 0 fully saturated rings. The van der Waals surface area contributed by atoms with Gasteiger partial charge in [0.05, 0.1) is 17.3 Å². The second-order valence-electron chi connectivity index (χ2n) is 4.00. The molecule has 0 atom stereocenters. The average Bonchev–Trinajstić information content (AvgIpc) is 2.69. The Kier molecular flexibility index (Phi) is 5.02. The van der Waals surface area contributed by atoms with Crippen LogP contribution in [0.1, 0.15) is 19.6 Å². The topological polar surface area (TPSA) is 59.3 Å². The number of nitrogens with one attached hydrogen (secondary N) is 1. The van der Waals surface area contributed by atoms with Gasteiger partial charge in [-0.15, -0.1) is 0 Å². The van der Waals surface area contributed by atoms with Gasteiger partial charge < -0.3 is 9.73 Å². The minimum Gasteiger partial charge on any atom is -0.469 e. The Morgan fingerprint density at radius 1 is 1.38 bits per heavy atom. The predicted molar refractivity (Wildman–Crippen MR) is 64.2 cm³/mol. The first-order chi connectivity index (χ1) is 7.52. The third-order valence-corrected chi connectivity index (χ3v) is 4.62. The molecule has 0 aromatic carbocycles. The molecule has 0 radical (unpaired) electrons. The van der Waals surface area contributed by atoms with Gasteiger partial charge >= 0.3 is 0 Å². The molecule has 0 aliphatic rings.